The quantitative estimate of drug-likeness (QED) is 0.387. The van der Waals surface area contributed by atoms with Crippen LogP contribution in [0.15, 0.2) is 6.07 Å². The highest BCUT2D eigenvalue weighted by Crippen LogP contribution is 2.25. The lowest BCUT2D eigenvalue weighted by atomic mass is 10.3. The molecule has 13 heavy (non-hydrogen) atoms. The van der Waals surface area contributed by atoms with E-state index in [0.717, 1.165) is 6.26 Å². The number of hydrogen-bond donors (Lipinski definition) is 0. The highest BCUT2D eigenvalue weighted by molar-refractivity contribution is 5.29. The van der Waals surface area contributed by atoms with Gasteiger partial charge in [-0.05, 0) is 0 Å². The van der Waals surface area contributed by atoms with E-state index in [1.807, 2.05) is 0 Å². The van der Waals surface area contributed by atoms with E-state index >= 15 is 0 Å². The van der Waals surface area contributed by atoms with Gasteiger partial charge < -0.3 is 4.74 Å². The summed E-state index contributed by atoms with van der Waals surface area (Å²) in [4.78, 5) is 0. The highest BCUT2D eigenvalue weighted by atomic mass is 19.2. The average Bonchev–Trinajstić information content (AvgIpc) is 2.09. The second-order valence-corrected chi connectivity index (χ2v) is 1.99. The molecule has 0 aliphatic heterocycles. The van der Waals surface area contributed by atoms with E-state index in [1.165, 1.54) is 0 Å². The Morgan fingerprint density at radius 3 is 1.92 bits per heavy atom. The minimum atomic E-state index is -1.74. The standard InChI is InChI=1S/C7HF4NO/c8-3-1-4(9)6(11)7(5(3)10)13-2-12/h1H. The van der Waals surface area contributed by atoms with Gasteiger partial charge in [-0.2, -0.15) is 8.78 Å². The van der Waals surface area contributed by atoms with Crippen molar-refractivity contribution in [2.24, 2.45) is 0 Å². The summed E-state index contributed by atoms with van der Waals surface area (Å²) in [6.45, 7) is 0. The molecule has 0 spiro atoms. The largest absolute Gasteiger partial charge is 0.381 e. The second-order valence-electron chi connectivity index (χ2n) is 1.99. The summed E-state index contributed by atoms with van der Waals surface area (Å²) < 4.78 is 53.6. The fourth-order valence-corrected chi connectivity index (χ4v) is 0.687. The molecule has 0 atom stereocenters. The summed E-state index contributed by atoms with van der Waals surface area (Å²) in [6.07, 6.45) is 0.907. The van der Waals surface area contributed by atoms with Crippen molar-refractivity contribution in [2.45, 2.75) is 0 Å². The van der Waals surface area contributed by atoms with Crippen LogP contribution in [0.3, 0.4) is 0 Å². The molecule has 0 amide bonds. The first kappa shape index (κ1) is 9.32. The molecule has 0 heterocycles. The molecule has 0 aromatic heterocycles. The number of ether oxygens (including phenoxy) is 1. The zero-order valence-electron chi connectivity index (χ0n) is 5.94. The first-order valence-corrected chi connectivity index (χ1v) is 2.97. The Hall–Kier alpha value is -1.77. The zero-order valence-corrected chi connectivity index (χ0v) is 5.94. The van der Waals surface area contributed by atoms with Crippen LogP contribution in [0.25, 0.3) is 0 Å². The number of halogens is 4. The van der Waals surface area contributed by atoms with E-state index in [4.69, 9.17) is 5.26 Å². The molecule has 0 N–H and O–H groups in total. The zero-order chi connectivity index (χ0) is 10.0. The van der Waals surface area contributed by atoms with Crippen LogP contribution in [0.1, 0.15) is 0 Å². The Bertz CT molecular complexity index is 359. The predicted molar refractivity (Wildman–Crippen MR) is 32.5 cm³/mol. The van der Waals surface area contributed by atoms with Crippen LogP contribution in [-0.2, 0) is 0 Å². The van der Waals surface area contributed by atoms with Crippen molar-refractivity contribution in [3.8, 4) is 12.0 Å². The van der Waals surface area contributed by atoms with E-state index < -0.39 is 29.0 Å². The summed E-state index contributed by atoms with van der Waals surface area (Å²) in [5.41, 5.74) is 0. The monoisotopic (exact) mass is 191 g/mol. The van der Waals surface area contributed by atoms with E-state index in [0.29, 0.717) is 0 Å². The molecule has 0 aliphatic carbocycles. The fraction of sp³-hybridized carbons (Fsp3) is 0. The van der Waals surface area contributed by atoms with Crippen LogP contribution < -0.4 is 4.74 Å². The summed E-state index contributed by atoms with van der Waals surface area (Å²) in [6, 6.07) is 0.0227. The van der Waals surface area contributed by atoms with Crippen molar-refractivity contribution >= 4 is 0 Å². The Morgan fingerprint density at radius 1 is 1.08 bits per heavy atom. The molecule has 1 rings (SSSR count). The second kappa shape index (κ2) is 3.31. The normalized spacial score (nSPS) is 9.46. The molecule has 0 aliphatic rings. The van der Waals surface area contributed by atoms with Gasteiger partial charge in [0, 0.05) is 6.07 Å². The maximum absolute atomic E-state index is 12.6. The van der Waals surface area contributed by atoms with Crippen molar-refractivity contribution in [3.05, 3.63) is 29.3 Å². The number of nitrogens with zero attached hydrogens (tertiary/aromatic N) is 1. The maximum atomic E-state index is 12.6. The van der Waals surface area contributed by atoms with Gasteiger partial charge in [0.2, 0.25) is 17.4 Å². The Labute approximate surface area is 70.0 Å². The van der Waals surface area contributed by atoms with Gasteiger partial charge >= 0.3 is 0 Å². The van der Waals surface area contributed by atoms with Crippen molar-refractivity contribution in [3.63, 3.8) is 0 Å². The van der Waals surface area contributed by atoms with Crippen molar-refractivity contribution in [1.29, 1.82) is 5.26 Å². The van der Waals surface area contributed by atoms with Crippen LogP contribution in [0.4, 0.5) is 17.6 Å². The molecule has 0 saturated carbocycles. The number of nitriles is 1. The topological polar surface area (TPSA) is 33.0 Å². The molecule has 6 heteroatoms. The fourth-order valence-electron chi connectivity index (χ4n) is 0.687. The van der Waals surface area contributed by atoms with Crippen LogP contribution >= 0.6 is 0 Å². The molecule has 2 nitrogen and oxygen atoms in total. The van der Waals surface area contributed by atoms with Gasteiger partial charge in [-0.25, -0.2) is 8.78 Å². The van der Waals surface area contributed by atoms with Gasteiger partial charge in [0.15, 0.2) is 11.6 Å². The third kappa shape index (κ3) is 1.54. The summed E-state index contributed by atoms with van der Waals surface area (Å²) >= 11 is 0. The van der Waals surface area contributed by atoms with Crippen molar-refractivity contribution in [1.82, 2.24) is 0 Å². The van der Waals surface area contributed by atoms with Gasteiger partial charge in [0.05, 0.1) is 0 Å². The molecule has 0 unspecified atom stereocenters. The molecular weight excluding hydrogens is 190 g/mol. The molecule has 1 aromatic rings. The lowest BCUT2D eigenvalue weighted by molar-refractivity contribution is 0.375. The van der Waals surface area contributed by atoms with Gasteiger partial charge in [-0.15, -0.1) is 5.26 Å². The Kier molecular flexibility index (Phi) is 2.37. The minimum absolute atomic E-state index is 0.0227. The summed E-state index contributed by atoms with van der Waals surface area (Å²) in [5.74, 6) is -8.09. The van der Waals surface area contributed by atoms with Crippen molar-refractivity contribution < 1.29 is 22.3 Å². The molecule has 0 radical (unpaired) electrons. The van der Waals surface area contributed by atoms with E-state index in [-0.39, 0.29) is 6.07 Å². The molecule has 1 aromatic carbocycles. The molecule has 0 bridgehead atoms. The van der Waals surface area contributed by atoms with Gasteiger partial charge in [-0.3, -0.25) is 0 Å². The number of rotatable bonds is 1. The molecule has 0 fully saturated rings. The van der Waals surface area contributed by atoms with Crippen LogP contribution in [0.5, 0.6) is 5.75 Å². The van der Waals surface area contributed by atoms with E-state index in [2.05, 4.69) is 4.74 Å². The first-order chi connectivity index (χ1) is 6.07. The Morgan fingerprint density at radius 2 is 1.54 bits per heavy atom. The third-order valence-electron chi connectivity index (χ3n) is 1.22. The maximum Gasteiger partial charge on any atom is 0.292 e. The van der Waals surface area contributed by atoms with Crippen LogP contribution in [0, 0.1) is 34.8 Å². The first-order valence-electron chi connectivity index (χ1n) is 2.97. The average molecular weight is 191 g/mol. The molecule has 0 saturated heterocycles. The van der Waals surface area contributed by atoms with E-state index in [9.17, 15) is 17.6 Å². The highest BCUT2D eigenvalue weighted by Gasteiger charge is 2.20. The predicted octanol–water partition coefficient (Wildman–Crippen LogP) is 2.10. The van der Waals surface area contributed by atoms with Gasteiger partial charge in [0.25, 0.3) is 6.26 Å². The Balaban J connectivity index is 3.39. The van der Waals surface area contributed by atoms with E-state index in [1.54, 1.807) is 0 Å². The van der Waals surface area contributed by atoms with Gasteiger partial charge in [-0.1, -0.05) is 0 Å². The SMILES string of the molecule is N#COc1c(F)c(F)cc(F)c1F. The smallest absolute Gasteiger partial charge is 0.292 e. The van der Waals surface area contributed by atoms with Crippen LogP contribution in [-0.4, -0.2) is 0 Å². The number of hydrogen-bond acceptors (Lipinski definition) is 2. The van der Waals surface area contributed by atoms with Crippen molar-refractivity contribution in [2.75, 3.05) is 0 Å². The number of benzene rings is 1. The lowest BCUT2D eigenvalue weighted by Crippen LogP contribution is -1.98. The molecule has 68 valence electrons. The minimum Gasteiger partial charge on any atom is -0.381 e. The summed E-state index contributed by atoms with van der Waals surface area (Å²) in [7, 11) is 0. The lowest BCUT2D eigenvalue weighted by Gasteiger charge is -2.01. The molecular formula is C7HF4NO. The third-order valence-corrected chi connectivity index (χ3v) is 1.22. The van der Waals surface area contributed by atoms with Crippen LogP contribution in [0.2, 0.25) is 0 Å². The van der Waals surface area contributed by atoms with Gasteiger partial charge in [0.1, 0.15) is 0 Å². The summed E-state index contributed by atoms with van der Waals surface area (Å²) in [5, 5.41) is 7.90.